The third-order valence-electron chi connectivity index (χ3n) is 4.72. The van der Waals surface area contributed by atoms with E-state index in [1.807, 2.05) is 0 Å². The SMILES string of the molecule is COC(=O)c1ccc(CCn2c(COc3cccc(OC(F)(F)F)c3)c(Cl)cc(Br)c2=O)cc1. The molecule has 6 nitrogen and oxygen atoms in total. The van der Waals surface area contributed by atoms with E-state index in [-0.39, 0.29) is 34.0 Å². The zero-order valence-electron chi connectivity index (χ0n) is 17.7. The number of halogens is 5. The number of methoxy groups -OCH3 is 1. The predicted molar refractivity (Wildman–Crippen MR) is 122 cm³/mol. The normalized spacial score (nSPS) is 11.2. The molecule has 0 aliphatic carbocycles. The van der Waals surface area contributed by atoms with E-state index in [0.29, 0.717) is 17.7 Å². The molecule has 0 aliphatic heterocycles. The van der Waals surface area contributed by atoms with Crippen molar-refractivity contribution in [3.8, 4) is 11.5 Å². The van der Waals surface area contributed by atoms with Gasteiger partial charge in [-0.15, -0.1) is 13.2 Å². The number of nitrogens with zero attached hydrogens (tertiary/aromatic N) is 1. The third-order valence-corrected chi connectivity index (χ3v) is 5.61. The number of aryl methyl sites for hydroxylation is 1. The van der Waals surface area contributed by atoms with Crippen molar-refractivity contribution in [1.82, 2.24) is 4.57 Å². The van der Waals surface area contributed by atoms with E-state index in [2.05, 4.69) is 25.4 Å². The average molecular weight is 561 g/mol. The molecule has 0 fully saturated rings. The zero-order valence-corrected chi connectivity index (χ0v) is 20.0. The van der Waals surface area contributed by atoms with Crippen molar-refractivity contribution in [2.45, 2.75) is 25.9 Å². The molecule has 2 aromatic carbocycles. The highest BCUT2D eigenvalue weighted by molar-refractivity contribution is 9.10. The standard InChI is InChI=1S/C23H18BrClF3NO5/c1-32-22(31)15-7-5-14(6-8-15)9-10-29-20(19(25)12-18(24)21(29)30)13-33-16-3-2-4-17(11-16)34-23(26,27)28/h2-8,11-12H,9-10,13H2,1H3. The Bertz CT molecular complexity index is 1230. The highest BCUT2D eigenvalue weighted by Gasteiger charge is 2.31. The summed E-state index contributed by atoms with van der Waals surface area (Å²) in [6.45, 7) is 0.0730. The van der Waals surface area contributed by atoms with Crippen LogP contribution in [0.3, 0.4) is 0 Å². The maximum Gasteiger partial charge on any atom is 0.573 e. The second-order valence-electron chi connectivity index (χ2n) is 6.99. The van der Waals surface area contributed by atoms with Gasteiger partial charge in [0.25, 0.3) is 5.56 Å². The molecule has 11 heteroatoms. The van der Waals surface area contributed by atoms with Crippen LogP contribution in [0, 0.1) is 0 Å². The lowest BCUT2D eigenvalue weighted by Crippen LogP contribution is -2.26. The number of rotatable bonds is 8. The number of benzene rings is 2. The average Bonchev–Trinajstić information content (AvgIpc) is 2.78. The largest absolute Gasteiger partial charge is 0.573 e. The molecule has 0 aliphatic rings. The summed E-state index contributed by atoms with van der Waals surface area (Å²) >= 11 is 9.54. The quantitative estimate of drug-likeness (QED) is 0.327. The summed E-state index contributed by atoms with van der Waals surface area (Å²) in [5.74, 6) is -0.775. The van der Waals surface area contributed by atoms with Crippen LogP contribution in [0.2, 0.25) is 5.02 Å². The van der Waals surface area contributed by atoms with Gasteiger partial charge in [0.15, 0.2) is 0 Å². The van der Waals surface area contributed by atoms with Crippen LogP contribution < -0.4 is 15.0 Å². The topological polar surface area (TPSA) is 66.8 Å². The van der Waals surface area contributed by atoms with Gasteiger partial charge in [0, 0.05) is 12.6 Å². The second kappa shape index (κ2) is 11.0. The van der Waals surface area contributed by atoms with Gasteiger partial charge in [-0.3, -0.25) is 4.79 Å². The number of aromatic nitrogens is 1. The van der Waals surface area contributed by atoms with Crippen molar-refractivity contribution in [1.29, 1.82) is 0 Å². The molecule has 1 heterocycles. The smallest absolute Gasteiger partial charge is 0.487 e. The van der Waals surface area contributed by atoms with Crippen LogP contribution >= 0.6 is 27.5 Å². The maximum absolute atomic E-state index is 12.8. The lowest BCUT2D eigenvalue weighted by molar-refractivity contribution is -0.274. The van der Waals surface area contributed by atoms with E-state index in [1.54, 1.807) is 24.3 Å². The van der Waals surface area contributed by atoms with Crippen molar-refractivity contribution < 1.29 is 32.2 Å². The summed E-state index contributed by atoms with van der Waals surface area (Å²) in [6.07, 6.45) is -4.39. The van der Waals surface area contributed by atoms with Crippen LogP contribution in [0.5, 0.6) is 11.5 Å². The van der Waals surface area contributed by atoms with Crippen LogP contribution in [-0.2, 0) is 24.3 Å². The Kier molecular flexibility index (Phi) is 8.27. The van der Waals surface area contributed by atoms with Gasteiger partial charge >= 0.3 is 12.3 Å². The van der Waals surface area contributed by atoms with E-state index < -0.39 is 18.1 Å². The zero-order chi connectivity index (χ0) is 24.9. The van der Waals surface area contributed by atoms with Crippen molar-refractivity contribution in [2.24, 2.45) is 0 Å². The van der Waals surface area contributed by atoms with Gasteiger partial charge in [-0.1, -0.05) is 29.8 Å². The van der Waals surface area contributed by atoms with Gasteiger partial charge in [0.05, 0.1) is 27.9 Å². The molecule has 0 atom stereocenters. The molecule has 0 saturated heterocycles. The molecule has 0 bridgehead atoms. The Hall–Kier alpha value is -2.98. The second-order valence-corrected chi connectivity index (χ2v) is 8.26. The van der Waals surface area contributed by atoms with Gasteiger partial charge in [-0.05, 0) is 58.2 Å². The third kappa shape index (κ3) is 6.77. The summed E-state index contributed by atoms with van der Waals surface area (Å²) in [5, 5.41) is 0.246. The summed E-state index contributed by atoms with van der Waals surface area (Å²) in [6, 6.07) is 13.2. The molecule has 3 rings (SSSR count). The first kappa shape index (κ1) is 25.6. The highest BCUT2D eigenvalue weighted by Crippen LogP contribution is 2.27. The predicted octanol–water partition coefficient (Wildman–Crippen LogP) is 5.77. The number of ether oxygens (including phenoxy) is 3. The van der Waals surface area contributed by atoms with Crippen LogP contribution in [0.1, 0.15) is 21.6 Å². The van der Waals surface area contributed by atoms with Gasteiger partial charge in [0.2, 0.25) is 0 Å². The number of alkyl halides is 3. The number of esters is 1. The summed E-state index contributed by atoms with van der Waals surface area (Å²) in [7, 11) is 1.29. The van der Waals surface area contributed by atoms with E-state index >= 15 is 0 Å². The first-order valence-electron chi connectivity index (χ1n) is 9.81. The van der Waals surface area contributed by atoms with Crippen molar-refractivity contribution >= 4 is 33.5 Å². The Morgan fingerprint density at radius 2 is 1.76 bits per heavy atom. The van der Waals surface area contributed by atoms with E-state index in [0.717, 1.165) is 17.7 Å². The molecule has 0 amide bonds. The molecular formula is C23H18BrClF3NO5. The van der Waals surface area contributed by atoms with Gasteiger partial charge in [-0.25, -0.2) is 4.79 Å². The van der Waals surface area contributed by atoms with Gasteiger partial charge in [-0.2, -0.15) is 0 Å². The van der Waals surface area contributed by atoms with Gasteiger partial charge < -0.3 is 18.8 Å². The molecule has 0 radical (unpaired) electrons. The molecule has 0 spiro atoms. The monoisotopic (exact) mass is 559 g/mol. The number of pyridine rings is 1. The molecule has 180 valence electrons. The minimum atomic E-state index is -4.83. The fraction of sp³-hybridized carbons (Fsp3) is 0.217. The highest BCUT2D eigenvalue weighted by atomic mass is 79.9. The summed E-state index contributed by atoms with van der Waals surface area (Å²) in [4.78, 5) is 24.3. The van der Waals surface area contributed by atoms with Crippen molar-refractivity contribution in [3.63, 3.8) is 0 Å². The number of hydrogen-bond donors (Lipinski definition) is 0. The number of carbonyl (C=O) groups is 1. The molecule has 0 N–H and O–H groups in total. The van der Waals surface area contributed by atoms with Gasteiger partial charge in [0.1, 0.15) is 18.1 Å². The van der Waals surface area contributed by atoms with E-state index in [9.17, 15) is 22.8 Å². The molecule has 3 aromatic rings. The Labute approximate surface area is 205 Å². The number of hydrogen-bond acceptors (Lipinski definition) is 5. The molecule has 0 saturated carbocycles. The fourth-order valence-electron chi connectivity index (χ4n) is 3.10. The van der Waals surface area contributed by atoms with Crippen molar-refractivity contribution in [2.75, 3.05) is 7.11 Å². The van der Waals surface area contributed by atoms with Crippen LogP contribution in [0.4, 0.5) is 13.2 Å². The summed E-state index contributed by atoms with van der Waals surface area (Å²) in [5.41, 5.74) is 1.27. The minimum absolute atomic E-state index is 0.109. The Balaban J connectivity index is 1.78. The van der Waals surface area contributed by atoms with E-state index in [4.69, 9.17) is 16.3 Å². The molecular weight excluding hydrogens is 543 g/mol. The van der Waals surface area contributed by atoms with Crippen LogP contribution in [0.15, 0.2) is 63.9 Å². The first-order valence-corrected chi connectivity index (χ1v) is 11.0. The van der Waals surface area contributed by atoms with Crippen LogP contribution in [0.25, 0.3) is 0 Å². The maximum atomic E-state index is 12.8. The minimum Gasteiger partial charge on any atom is -0.487 e. The lowest BCUT2D eigenvalue weighted by Gasteiger charge is -2.17. The number of carbonyl (C=O) groups excluding carboxylic acids is 1. The Morgan fingerprint density at radius 3 is 2.41 bits per heavy atom. The molecule has 34 heavy (non-hydrogen) atoms. The van der Waals surface area contributed by atoms with E-state index in [1.165, 1.54) is 29.9 Å². The summed E-state index contributed by atoms with van der Waals surface area (Å²) < 4.78 is 53.3. The lowest BCUT2D eigenvalue weighted by atomic mass is 10.1. The Morgan fingerprint density at radius 1 is 1.09 bits per heavy atom. The molecule has 1 aromatic heterocycles. The molecule has 0 unspecified atom stereocenters. The fourth-order valence-corrected chi connectivity index (χ4v) is 3.94. The first-order chi connectivity index (χ1) is 16.1. The van der Waals surface area contributed by atoms with Crippen LogP contribution in [-0.4, -0.2) is 24.0 Å². The van der Waals surface area contributed by atoms with Crippen molar-refractivity contribution in [3.05, 3.63) is 91.3 Å².